The topological polar surface area (TPSA) is 55.8 Å². The second kappa shape index (κ2) is 7.79. The number of fused-ring (bicyclic) bond motifs is 1. The van der Waals surface area contributed by atoms with E-state index in [0.29, 0.717) is 10.8 Å². The van der Waals surface area contributed by atoms with E-state index in [1.807, 2.05) is 38.1 Å². The van der Waals surface area contributed by atoms with Gasteiger partial charge in [0.1, 0.15) is 5.75 Å². The maximum atomic E-state index is 12.5. The number of ether oxygens (including phenoxy) is 2. The Morgan fingerprint density at radius 3 is 2.73 bits per heavy atom. The molecule has 5 nitrogen and oxygen atoms in total. The van der Waals surface area contributed by atoms with Crippen LogP contribution in [0.25, 0.3) is 0 Å². The maximum Gasteiger partial charge on any atom is 0.344 e. The molecular weight excluding hydrogens is 354 g/mol. The predicted octanol–water partition coefficient (Wildman–Crippen LogP) is 3.55. The number of carbonyl (C=O) groups is 2. The molecule has 6 heteroatoms. The van der Waals surface area contributed by atoms with Crippen LogP contribution in [0.2, 0.25) is 5.02 Å². The van der Waals surface area contributed by atoms with E-state index >= 15 is 0 Å². The van der Waals surface area contributed by atoms with Gasteiger partial charge in [0.15, 0.2) is 13.2 Å². The Bertz CT molecular complexity index is 836. The summed E-state index contributed by atoms with van der Waals surface area (Å²) in [5.41, 5.74) is 2.87. The van der Waals surface area contributed by atoms with Gasteiger partial charge in [0.25, 0.3) is 5.91 Å². The van der Waals surface area contributed by atoms with Gasteiger partial charge in [-0.25, -0.2) is 4.79 Å². The lowest BCUT2D eigenvalue weighted by atomic mass is 10.1. The normalized spacial score (nSPS) is 15.5. The summed E-state index contributed by atoms with van der Waals surface area (Å²) in [4.78, 5) is 26.0. The van der Waals surface area contributed by atoms with E-state index in [9.17, 15) is 9.59 Å². The third kappa shape index (κ3) is 3.99. The second-order valence-corrected chi connectivity index (χ2v) is 6.71. The van der Waals surface area contributed by atoms with Crippen LogP contribution in [0.1, 0.15) is 18.1 Å². The van der Waals surface area contributed by atoms with Crippen LogP contribution in [0.5, 0.6) is 5.75 Å². The Balaban J connectivity index is 1.51. The highest BCUT2D eigenvalue weighted by atomic mass is 35.5. The van der Waals surface area contributed by atoms with Gasteiger partial charge in [-0.05, 0) is 55.7 Å². The zero-order valence-electron chi connectivity index (χ0n) is 14.7. The highest BCUT2D eigenvalue weighted by Gasteiger charge is 2.30. The molecule has 1 atom stereocenters. The molecule has 1 aliphatic heterocycles. The Morgan fingerprint density at radius 1 is 1.19 bits per heavy atom. The van der Waals surface area contributed by atoms with Crippen molar-refractivity contribution in [2.75, 3.05) is 18.1 Å². The van der Waals surface area contributed by atoms with Crippen LogP contribution in [-0.4, -0.2) is 31.1 Å². The van der Waals surface area contributed by atoms with Gasteiger partial charge >= 0.3 is 5.97 Å². The molecule has 1 heterocycles. The summed E-state index contributed by atoms with van der Waals surface area (Å²) in [5.74, 6) is -0.304. The van der Waals surface area contributed by atoms with Gasteiger partial charge in [0, 0.05) is 16.8 Å². The highest BCUT2D eigenvalue weighted by molar-refractivity contribution is 6.31. The van der Waals surface area contributed by atoms with E-state index in [-0.39, 0.29) is 25.2 Å². The molecular formula is C20H20ClNO4. The van der Waals surface area contributed by atoms with E-state index in [2.05, 4.69) is 0 Å². The molecule has 26 heavy (non-hydrogen) atoms. The maximum absolute atomic E-state index is 12.5. The number of halogens is 1. The zero-order chi connectivity index (χ0) is 18.7. The molecule has 2 aromatic carbocycles. The van der Waals surface area contributed by atoms with Crippen molar-refractivity contribution in [3.8, 4) is 5.75 Å². The molecule has 0 spiro atoms. The minimum Gasteiger partial charge on any atom is -0.482 e. The van der Waals surface area contributed by atoms with Crippen LogP contribution >= 0.6 is 11.6 Å². The largest absolute Gasteiger partial charge is 0.482 e. The minimum atomic E-state index is -0.592. The van der Waals surface area contributed by atoms with Gasteiger partial charge in [-0.2, -0.15) is 0 Å². The first-order valence-corrected chi connectivity index (χ1v) is 8.78. The quantitative estimate of drug-likeness (QED) is 0.752. The predicted molar refractivity (Wildman–Crippen MR) is 99.7 cm³/mol. The molecule has 0 bridgehead atoms. The third-order valence-electron chi connectivity index (χ3n) is 4.32. The van der Waals surface area contributed by atoms with E-state index in [0.717, 1.165) is 23.2 Å². The summed E-state index contributed by atoms with van der Waals surface area (Å²) in [6.07, 6.45) is 0.800. The molecule has 2 aromatic rings. The van der Waals surface area contributed by atoms with Crippen molar-refractivity contribution in [3.05, 3.63) is 58.6 Å². The van der Waals surface area contributed by atoms with Crippen LogP contribution < -0.4 is 9.64 Å². The molecule has 1 aliphatic rings. The Hall–Kier alpha value is -2.53. The summed E-state index contributed by atoms with van der Waals surface area (Å²) in [6, 6.07) is 12.9. The van der Waals surface area contributed by atoms with E-state index in [4.69, 9.17) is 21.1 Å². The number of carbonyl (C=O) groups excluding carboxylic acids is 2. The number of esters is 1. The molecule has 0 aromatic heterocycles. The van der Waals surface area contributed by atoms with Gasteiger partial charge in [-0.3, -0.25) is 4.79 Å². The summed E-state index contributed by atoms with van der Waals surface area (Å²) in [7, 11) is 0. The summed E-state index contributed by atoms with van der Waals surface area (Å²) >= 11 is 5.95. The van der Waals surface area contributed by atoms with E-state index in [1.165, 1.54) is 0 Å². The van der Waals surface area contributed by atoms with Crippen LogP contribution in [0.3, 0.4) is 0 Å². The summed E-state index contributed by atoms with van der Waals surface area (Å²) < 4.78 is 10.5. The fraction of sp³-hybridized carbons (Fsp3) is 0.300. The third-order valence-corrected chi connectivity index (χ3v) is 4.74. The molecule has 136 valence electrons. The lowest BCUT2D eigenvalue weighted by Gasteiger charge is -2.22. The van der Waals surface area contributed by atoms with Crippen molar-refractivity contribution in [3.63, 3.8) is 0 Å². The number of hydrogen-bond acceptors (Lipinski definition) is 4. The van der Waals surface area contributed by atoms with Crippen molar-refractivity contribution in [2.45, 2.75) is 26.3 Å². The standard InChI is InChI=1S/C20H20ClNO4/c1-13-9-16(7-8-17(13)21)25-12-20(24)26-11-19(23)22-14(2)10-15-5-3-4-6-18(15)22/h3-9,14H,10-12H2,1-2H3. The molecule has 0 fully saturated rings. The first-order chi connectivity index (χ1) is 12.5. The highest BCUT2D eigenvalue weighted by Crippen LogP contribution is 2.31. The molecule has 1 unspecified atom stereocenters. The van der Waals surface area contributed by atoms with Gasteiger partial charge in [0.05, 0.1) is 0 Å². The molecule has 0 aliphatic carbocycles. The van der Waals surface area contributed by atoms with Gasteiger partial charge in [0.2, 0.25) is 0 Å². The summed E-state index contributed by atoms with van der Waals surface area (Å²) in [5, 5.41) is 0.630. The number of rotatable bonds is 5. The number of anilines is 1. The smallest absolute Gasteiger partial charge is 0.344 e. The fourth-order valence-electron chi connectivity index (χ4n) is 3.05. The van der Waals surface area contributed by atoms with Crippen LogP contribution in [0, 0.1) is 6.92 Å². The molecule has 0 saturated heterocycles. The van der Waals surface area contributed by atoms with Crippen LogP contribution in [-0.2, 0) is 20.7 Å². The fourth-order valence-corrected chi connectivity index (χ4v) is 3.17. The number of para-hydroxylation sites is 1. The average Bonchev–Trinajstić information content (AvgIpc) is 2.96. The van der Waals surface area contributed by atoms with Gasteiger partial charge in [-0.1, -0.05) is 29.8 Å². The van der Waals surface area contributed by atoms with Gasteiger partial charge in [-0.15, -0.1) is 0 Å². The number of aryl methyl sites for hydroxylation is 1. The van der Waals surface area contributed by atoms with Crippen LogP contribution in [0.4, 0.5) is 5.69 Å². The van der Waals surface area contributed by atoms with Crippen molar-refractivity contribution < 1.29 is 19.1 Å². The zero-order valence-corrected chi connectivity index (χ0v) is 15.5. The lowest BCUT2D eigenvalue weighted by Crippen LogP contribution is -2.39. The van der Waals surface area contributed by atoms with Crippen molar-refractivity contribution in [1.29, 1.82) is 0 Å². The molecule has 0 radical (unpaired) electrons. The second-order valence-electron chi connectivity index (χ2n) is 6.31. The monoisotopic (exact) mass is 373 g/mol. The Morgan fingerprint density at radius 2 is 1.96 bits per heavy atom. The Labute approximate surface area is 157 Å². The van der Waals surface area contributed by atoms with Crippen molar-refractivity contribution in [1.82, 2.24) is 0 Å². The SMILES string of the molecule is Cc1cc(OCC(=O)OCC(=O)N2c3ccccc3CC2C)ccc1Cl. The van der Waals surface area contributed by atoms with Crippen molar-refractivity contribution in [2.24, 2.45) is 0 Å². The average molecular weight is 374 g/mol. The molecule has 0 N–H and O–H groups in total. The minimum absolute atomic E-state index is 0.0481. The van der Waals surface area contributed by atoms with Gasteiger partial charge < -0.3 is 14.4 Å². The number of benzene rings is 2. The summed E-state index contributed by atoms with van der Waals surface area (Å²) in [6.45, 7) is 3.26. The molecule has 0 saturated carbocycles. The number of amides is 1. The number of nitrogens with zero attached hydrogens (tertiary/aromatic N) is 1. The first-order valence-electron chi connectivity index (χ1n) is 8.40. The molecule has 3 rings (SSSR count). The van der Waals surface area contributed by atoms with Crippen LogP contribution in [0.15, 0.2) is 42.5 Å². The first kappa shape index (κ1) is 18.3. The van der Waals surface area contributed by atoms with E-state index in [1.54, 1.807) is 23.1 Å². The Kier molecular flexibility index (Phi) is 5.47. The molecule has 1 amide bonds. The number of hydrogen-bond donors (Lipinski definition) is 0. The lowest BCUT2D eigenvalue weighted by molar-refractivity contribution is -0.149. The van der Waals surface area contributed by atoms with E-state index < -0.39 is 5.97 Å². The van der Waals surface area contributed by atoms with Crippen molar-refractivity contribution >= 4 is 29.2 Å².